The Kier molecular flexibility index (Phi) is 4.11. The van der Waals surface area contributed by atoms with Crippen LogP contribution < -0.4 is 0 Å². The van der Waals surface area contributed by atoms with Crippen molar-refractivity contribution < 1.29 is 4.92 Å². The van der Waals surface area contributed by atoms with Gasteiger partial charge in [0, 0.05) is 23.1 Å². The Bertz CT molecular complexity index is 421. The van der Waals surface area contributed by atoms with E-state index in [9.17, 15) is 10.1 Å². The highest BCUT2D eigenvalue weighted by molar-refractivity contribution is 7.80. The van der Waals surface area contributed by atoms with E-state index in [4.69, 9.17) is 11.6 Å². The Balaban J connectivity index is 3.28. The number of nitrogens with zero attached hydrogens (tertiary/aromatic N) is 2. The summed E-state index contributed by atoms with van der Waals surface area (Å²) in [4.78, 5) is 13.9. The van der Waals surface area contributed by atoms with E-state index in [2.05, 4.69) is 17.6 Å². The van der Waals surface area contributed by atoms with E-state index in [1.54, 1.807) is 19.1 Å². The number of thiol groups is 1. The molecule has 0 aliphatic carbocycles. The molecule has 0 fully saturated rings. The molecular formula is C9H9ClN2O2S. The van der Waals surface area contributed by atoms with Crippen molar-refractivity contribution in [2.45, 2.75) is 6.92 Å². The normalized spacial score (nSPS) is 10.9. The molecule has 0 aromatic carbocycles. The van der Waals surface area contributed by atoms with Crippen LogP contribution in [-0.2, 0) is 0 Å². The average Bonchev–Trinajstić information content (AvgIpc) is 2.16. The molecule has 0 aliphatic heterocycles. The molecule has 15 heavy (non-hydrogen) atoms. The zero-order chi connectivity index (χ0) is 11.4. The molecule has 0 radical (unpaired) electrons. The number of hydrogen-bond donors (Lipinski definition) is 1. The van der Waals surface area contributed by atoms with E-state index >= 15 is 0 Å². The molecule has 0 saturated heterocycles. The van der Waals surface area contributed by atoms with Gasteiger partial charge < -0.3 is 0 Å². The van der Waals surface area contributed by atoms with Gasteiger partial charge in [-0.15, -0.1) is 0 Å². The molecule has 0 bridgehead atoms. The second kappa shape index (κ2) is 5.14. The highest BCUT2D eigenvalue weighted by atomic mass is 35.5. The predicted molar refractivity (Wildman–Crippen MR) is 63.5 cm³/mol. The number of nitro groups is 1. The quantitative estimate of drug-likeness (QED) is 0.385. The van der Waals surface area contributed by atoms with Crippen molar-refractivity contribution >= 4 is 36.0 Å². The maximum atomic E-state index is 10.7. The van der Waals surface area contributed by atoms with Crippen molar-refractivity contribution in [3.05, 3.63) is 38.7 Å². The predicted octanol–water partition coefficient (Wildman–Crippen LogP) is 2.89. The second-order valence-corrected chi connectivity index (χ2v) is 3.54. The lowest BCUT2D eigenvalue weighted by Crippen LogP contribution is -1.97. The summed E-state index contributed by atoms with van der Waals surface area (Å²) >= 11 is 9.64. The van der Waals surface area contributed by atoms with Gasteiger partial charge in [0.2, 0.25) is 5.15 Å². The van der Waals surface area contributed by atoms with Gasteiger partial charge in [0.05, 0.1) is 4.92 Å². The van der Waals surface area contributed by atoms with E-state index < -0.39 is 4.92 Å². The summed E-state index contributed by atoms with van der Waals surface area (Å²) in [6, 6.07) is 0. The lowest BCUT2D eigenvalue weighted by molar-refractivity contribution is -0.385. The van der Waals surface area contributed by atoms with Crippen LogP contribution in [0, 0.1) is 17.0 Å². The van der Waals surface area contributed by atoms with Gasteiger partial charge in [0.25, 0.3) is 0 Å². The minimum absolute atomic E-state index is 0.0828. The molecule has 1 aromatic heterocycles. The van der Waals surface area contributed by atoms with Gasteiger partial charge in [-0.2, -0.15) is 12.6 Å². The molecule has 0 amide bonds. The number of pyridine rings is 1. The molecule has 80 valence electrons. The third-order valence-electron chi connectivity index (χ3n) is 1.89. The summed E-state index contributed by atoms with van der Waals surface area (Å²) in [5.41, 5.74) is 1.05. The minimum Gasteiger partial charge on any atom is -0.258 e. The Labute approximate surface area is 97.5 Å². The molecule has 0 spiro atoms. The first-order valence-electron chi connectivity index (χ1n) is 4.14. The summed E-state index contributed by atoms with van der Waals surface area (Å²) in [7, 11) is 0. The molecule has 4 nitrogen and oxygen atoms in total. The molecule has 6 heteroatoms. The lowest BCUT2D eigenvalue weighted by Gasteiger charge is -2.02. The maximum Gasteiger partial charge on any atom is 0.309 e. The molecule has 1 heterocycles. The molecule has 0 atom stereocenters. The number of aromatic nitrogens is 1. The highest BCUT2D eigenvalue weighted by Gasteiger charge is 2.19. The van der Waals surface area contributed by atoms with Gasteiger partial charge in [-0.3, -0.25) is 10.1 Å². The first kappa shape index (κ1) is 12.0. The number of halogens is 1. The second-order valence-electron chi connectivity index (χ2n) is 2.82. The fourth-order valence-electron chi connectivity index (χ4n) is 1.14. The molecule has 0 unspecified atom stereocenters. The van der Waals surface area contributed by atoms with Crippen LogP contribution in [0.1, 0.15) is 11.1 Å². The monoisotopic (exact) mass is 244 g/mol. The summed E-state index contributed by atoms with van der Waals surface area (Å²) < 4.78 is 0. The third-order valence-corrected chi connectivity index (χ3v) is 2.37. The van der Waals surface area contributed by atoms with Crippen molar-refractivity contribution in [2.24, 2.45) is 0 Å². The topological polar surface area (TPSA) is 56.0 Å². The summed E-state index contributed by atoms with van der Waals surface area (Å²) in [5, 5.41) is 10.6. The van der Waals surface area contributed by atoms with E-state index in [0.717, 1.165) is 0 Å². The van der Waals surface area contributed by atoms with E-state index in [-0.39, 0.29) is 10.8 Å². The van der Waals surface area contributed by atoms with Gasteiger partial charge in [0.1, 0.15) is 0 Å². The lowest BCUT2D eigenvalue weighted by atomic mass is 10.1. The van der Waals surface area contributed by atoms with Crippen molar-refractivity contribution in [2.75, 3.05) is 5.75 Å². The molecule has 0 aliphatic rings. The summed E-state index contributed by atoms with van der Waals surface area (Å²) in [6.45, 7) is 1.64. The van der Waals surface area contributed by atoms with Crippen LogP contribution in [0.15, 0.2) is 12.3 Å². The summed E-state index contributed by atoms with van der Waals surface area (Å²) in [5.74, 6) is 0.565. The fraction of sp³-hybridized carbons (Fsp3) is 0.222. The molecule has 1 aromatic rings. The van der Waals surface area contributed by atoms with Gasteiger partial charge in [-0.25, -0.2) is 4.98 Å². The molecule has 1 rings (SSSR count). The summed E-state index contributed by atoms with van der Waals surface area (Å²) in [6.07, 6.45) is 5.02. The van der Waals surface area contributed by atoms with Crippen molar-refractivity contribution in [1.29, 1.82) is 0 Å². The Morgan fingerprint density at radius 1 is 1.73 bits per heavy atom. The van der Waals surface area contributed by atoms with Crippen LogP contribution in [0.2, 0.25) is 5.15 Å². The van der Waals surface area contributed by atoms with E-state index in [1.807, 2.05) is 0 Å². The fourth-order valence-corrected chi connectivity index (χ4v) is 1.50. The van der Waals surface area contributed by atoms with Gasteiger partial charge >= 0.3 is 5.69 Å². The minimum atomic E-state index is -0.525. The van der Waals surface area contributed by atoms with Gasteiger partial charge in [-0.1, -0.05) is 23.8 Å². The number of rotatable bonds is 3. The smallest absolute Gasteiger partial charge is 0.258 e. The molecule has 0 N–H and O–H groups in total. The number of hydrogen-bond acceptors (Lipinski definition) is 4. The Hall–Kier alpha value is -1.07. The largest absolute Gasteiger partial charge is 0.309 e. The van der Waals surface area contributed by atoms with Crippen LogP contribution in [0.25, 0.3) is 6.08 Å². The first-order chi connectivity index (χ1) is 7.07. The molecule has 0 saturated carbocycles. The zero-order valence-electron chi connectivity index (χ0n) is 7.98. The van der Waals surface area contributed by atoms with Crippen molar-refractivity contribution in [3.8, 4) is 0 Å². The average molecular weight is 245 g/mol. The standard InChI is InChI=1S/C9H9ClN2O2S/c1-6-7(3-2-4-15)5-11-9(10)8(6)12(13)14/h2-3,5,15H,4H2,1H3. The van der Waals surface area contributed by atoms with Crippen LogP contribution >= 0.6 is 24.2 Å². The Morgan fingerprint density at radius 2 is 2.40 bits per heavy atom. The van der Waals surface area contributed by atoms with Gasteiger partial charge in [0.15, 0.2) is 0 Å². The third kappa shape index (κ3) is 2.70. The van der Waals surface area contributed by atoms with Crippen LogP contribution in [-0.4, -0.2) is 15.7 Å². The van der Waals surface area contributed by atoms with Gasteiger partial charge in [-0.05, 0) is 6.92 Å². The van der Waals surface area contributed by atoms with E-state index in [1.165, 1.54) is 6.20 Å². The zero-order valence-corrected chi connectivity index (χ0v) is 9.63. The van der Waals surface area contributed by atoms with Crippen LogP contribution in [0.3, 0.4) is 0 Å². The maximum absolute atomic E-state index is 10.7. The first-order valence-corrected chi connectivity index (χ1v) is 5.16. The van der Waals surface area contributed by atoms with E-state index in [0.29, 0.717) is 16.9 Å². The van der Waals surface area contributed by atoms with Crippen LogP contribution in [0.4, 0.5) is 5.69 Å². The van der Waals surface area contributed by atoms with Crippen molar-refractivity contribution in [3.63, 3.8) is 0 Å². The van der Waals surface area contributed by atoms with Crippen LogP contribution in [0.5, 0.6) is 0 Å². The Morgan fingerprint density at radius 3 is 2.93 bits per heavy atom. The highest BCUT2D eigenvalue weighted by Crippen LogP contribution is 2.28. The molecular weight excluding hydrogens is 236 g/mol. The van der Waals surface area contributed by atoms with Crippen molar-refractivity contribution in [1.82, 2.24) is 4.98 Å². The SMILES string of the molecule is Cc1c(C=CCS)cnc(Cl)c1[N+](=O)[O-].